The van der Waals surface area contributed by atoms with Crippen molar-refractivity contribution < 1.29 is 9.80 Å². The summed E-state index contributed by atoms with van der Waals surface area (Å²) in [6.07, 6.45) is 7.94. The van der Waals surface area contributed by atoms with Crippen LogP contribution in [0.25, 0.3) is 0 Å². The van der Waals surface area contributed by atoms with Crippen LogP contribution in [0.4, 0.5) is 0 Å². The third-order valence-corrected chi connectivity index (χ3v) is 6.61. The zero-order chi connectivity index (χ0) is 17.2. The molecular weight excluding hydrogens is 300 g/mol. The summed E-state index contributed by atoms with van der Waals surface area (Å²) in [6, 6.07) is 1.37. The Morgan fingerprint density at radius 1 is 1.12 bits per heavy atom. The molecule has 1 saturated carbocycles. The molecular formula is C18H36N6+2. The van der Waals surface area contributed by atoms with Crippen LogP contribution in [-0.4, -0.2) is 52.4 Å². The summed E-state index contributed by atoms with van der Waals surface area (Å²) in [6.45, 7) is 14.1. The maximum atomic E-state index is 4.45. The zero-order valence-corrected chi connectivity index (χ0v) is 16.0. The molecule has 6 heteroatoms. The second-order valence-electron chi connectivity index (χ2n) is 8.37. The van der Waals surface area contributed by atoms with E-state index in [0.29, 0.717) is 6.04 Å². The van der Waals surface area contributed by atoms with E-state index in [1.165, 1.54) is 51.9 Å². The second kappa shape index (κ2) is 7.48. The molecule has 2 fully saturated rings. The van der Waals surface area contributed by atoms with Gasteiger partial charge in [0.25, 0.3) is 0 Å². The summed E-state index contributed by atoms with van der Waals surface area (Å²) < 4.78 is 2.09. The largest absolute Gasteiger partial charge is 0.323 e. The first-order valence-electron chi connectivity index (χ1n) is 10.0. The molecule has 3 rings (SSSR count). The van der Waals surface area contributed by atoms with Crippen LogP contribution in [0.15, 0.2) is 0 Å². The first-order chi connectivity index (χ1) is 11.6. The summed E-state index contributed by atoms with van der Waals surface area (Å²) in [7, 11) is 0. The standard InChI is InChI=1S/C18H34N6/c1-5-16(17-19-20-21-24(17)18(3,4)6-2)23-13-11-22(12-14-23)15-9-7-8-10-15/h15-16H,5-14H2,1-4H3/p+2/t16-/m1/s1. The molecule has 0 bridgehead atoms. The van der Waals surface area contributed by atoms with E-state index in [0.717, 1.165) is 24.7 Å². The number of nitrogens with zero attached hydrogens (tertiary/aromatic N) is 4. The van der Waals surface area contributed by atoms with Crippen molar-refractivity contribution in [3.63, 3.8) is 0 Å². The van der Waals surface area contributed by atoms with Crippen molar-refractivity contribution >= 4 is 0 Å². The van der Waals surface area contributed by atoms with Gasteiger partial charge in [0, 0.05) is 6.42 Å². The molecule has 24 heavy (non-hydrogen) atoms. The molecule has 0 amide bonds. The fourth-order valence-corrected chi connectivity index (χ4v) is 4.63. The van der Waals surface area contributed by atoms with E-state index in [4.69, 9.17) is 0 Å². The van der Waals surface area contributed by atoms with Gasteiger partial charge in [-0.05, 0) is 56.4 Å². The molecule has 1 aliphatic carbocycles. The molecule has 2 aliphatic rings. The molecule has 1 aliphatic heterocycles. The summed E-state index contributed by atoms with van der Waals surface area (Å²) >= 11 is 0. The van der Waals surface area contributed by atoms with E-state index in [-0.39, 0.29) is 5.54 Å². The minimum Gasteiger partial charge on any atom is -0.323 e. The van der Waals surface area contributed by atoms with Crippen molar-refractivity contribution in [1.29, 1.82) is 0 Å². The number of hydrogen-bond acceptors (Lipinski definition) is 3. The predicted molar refractivity (Wildman–Crippen MR) is 94.1 cm³/mol. The SMILES string of the molecule is CC[C@H](c1nnnn1C(C)(C)CC)[NH+]1CC[NH+](C2CCCC2)CC1. The van der Waals surface area contributed by atoms with Gasteiger partial charge in [-0.25, -0.2) is 4.68 Å². The molecule has 0 spiro atoms. The van der Waals surface area contributed by atoms with Gasteiger partial charge in [-0.1, -0.05) is 13.8 Å². The van der Waals surface area contributed by atoms with E-state index in [2.05, 4.69) is 47.9 Å². The van der Waals surface area contributed by atoms with Crippen LogP contribution in [0.5, 0.6) is 0 Å². The fraction of sp³-hybridized carbons (Fsp3) is 0.944. The fourth-order valence-electron chi connectivity index (χ4n) is 4.63. The molecule has 6 nitrogen and oxygen atoms in total. The van der Waals surface area contributed by atoms with Crippen LogP contribution < -0.4 is 9.80 Å². The Hall–Kier alpha value is -1.01. The number of aromatic nitrogens is 4. The minimum atomic E-state index is -0.0113. The Morgan fingerprint density at radius 3 is 2.38 bits per heavy atom. The third-order valence-electron chi connectivity index (χ3n) is 6.61. The lowest BCUT2D eigenvalue weighted by molar-refractivity contribution is -1.04. The molecule has 1 aromatic heterocycles. The number of piperazine rings is 1. The average molecular weight is 337 g/mol. The van der Waals surface area contributed by atoms with Crippen molar-refractivity contribution in [2.24, 2.45) is 0 Å². The third kappa shape index (κ3) is 3.49. The Kier molecular flexibility index (Phi) is 5.55. The summed E-state index contributed by atoms with van der Waals surface area (Å²) in [5.74, 6) is 1.09. The predicted octanol–water partition coefficient (Wildman–Crippen LogP) is -0.00470. The quantitative estimate of drug-likeness (QED) is 0.769. The van der Waals surface area contributed by atoms with Crippen molar-refractivity contribution in [1.82, 2.24) is 20.2 Å². The summed E-state index contributed by atoms with van der Waals surface area (Å²) in [4.78, 5) is 3.54. The van der Waals surface area contributed by atoms with Gasteiger partial charge in [0.05, 0.1) is 11.6 Å². The van der Waals surface area contributed by atoms with Crippen LogP contribution in [0.1, 0.15) is 78.1 Å². The lowest BCUT2D eigenvalue weighted by Crippen LogP contribution is -3.29. The normalized spacial score (nSPS) is 27.5. The average Bonchev–Trinajstić information content (AvgIpc) is 3.28. The summed E-state index contributed by atoms with van der Waals surface area (Å²) in [5.41, 5.74) is -0.0113. The van der Waals surface area contributed by atoms with E-state index >= 15 is 0 Å². The molecule has 1 aromatic rings. The Morgan fingerprint density at radius 2 is 1.79 bits per heavy atom. The lowest BCUT2D eigenvalue weighted by Gasteiger charge is -2.37. The van der Waals surface area contributed by atoms with Crippen LogP contribution >= 0.6 is 0 Å². The van der Waals surface area contributed by atoms with E-state index in [1.807, 2.05) is 4.90 Å². The van der Waals surface area contributed by atoms with Crippen LogP contribution in [-0.2, 0) is 5.54 Å². The number of rotatable bonds is 6. The Balaban J connectivity index is 1.68. The van der Waals surface area contributed by atoms with Gasteiger partial charge in [-0.2, -0.15) is 0 Å². The van der Waals surface area contributed by atoms with Gasteiger partial charge in [-0.3, -0.25) is 0 Å². The maximum absolute atomic E-state index is 4.45. The number of tetrazole rings is 1. The Bertz CT molecular complexity index is 511. The monoisotopic (exact) mass is 336 g/mol. The molecule has 136 valence electrons. The second-order valence-corrected chi connectivity index (χ2v) is 8.37. The highest BCUT2D eigenvalue weighted by molar-refractivity contribution is 4.92. The molecule has 2 N–H and O–H groups in total. The number of quaternary nitrogens is 2. The molecule has 0 radical (unpaired) electrons. The highest BCUT2D eigenvalue weighted by Crippen LogP contribution is 2.22. The first-order valence-corrected chi connectivity index (χ1v) is 10.0. The van der Waals surface area contributed by atoms with Gasteiger partial charge in [-0.15, -0.1) is 5.10 Å². The van der Waals surface area contributed by atoms with Gasteiger partial charge in [0.1, 0.15) is 32.2 Å². The lowest BCUT2D eigenvalue weighted by atomic mass is 10.0. The van der Waals surface area contributed by atoms with Gasteiger partial charge < -0.3 is 9.80 Å². The molecule has 1 saturated heterocycles. The highest BCUT2D eigenvalue weighted by atomic mass is 15.6. The van der Waals surface area contributed by atoms with E-state index in [1.54, 1.807) is 4.90 Å². The van der Waals surface area contributed by atoms with Crippen LogP contribution in [0, 0.1) is 0 Å². The number of hydrogen-bond donors (Lipinski definition) is 2. The van der Waals surface area contributed by atoms with Crippen molar-refractivity contribution in [2.75, 3.05) is 26.2 Å². The first kappa shape index (κ1) is 17.8. The van der Waals surface area contributed by atoms with Gasteiger partial charge in [0.2, 0.25) is 5.82 Å². The van der Waals surface area contributed by atoms with Crippen molar-refractivity contribution in [3.05, 3.63) is 5.82 Å². The summed E-state index contributed by atoms with van der Waals surface area (Å²) in [5, 5.41) is 12.8. The van der Waals surface area contributed by atoms with Crippen molar-refractivity contribution in [3.8, 4) is 0 Å². The highest BCUT2D eigenvalue weighted by Gasteiger charge is 2.37. The molecule has 0 unspecified atom stereocenters. The van der Waals surface area contributed by atoms with Gasteiger partial charge >= 0.3 is 0 Å². The molecule has 1 atom stereocenters. The van der Waals surface area contributed by atoms with E-state index in [9.17, 15) is 0 Å². The topological polar surface area (TPSA) is 52.5 Å². The Labute approximate surface area is 146 Å². The van der Waals surface area contributed by atoms with Crippen molar-refractivity contribution in [2.45, 2.75) is 83.8 Å². The molecule has 0 aromatic carbocycles. The maximum Gasteiger partial charge on any atom is 0.209 e. The van der Waals surface area contributed by atoms with Crippen LogP contribution in [0.3, 0.4) is 0 Å². The zero-order valence-electron chi connectivity index (χ0n) is 16.0. The molecule has 2 heterocycles. The van der Waals surface area contributed by atoms with Gasteiger partial charge in [0.15, 0.2) is 0 Å². The number of nitrogens with one attached hydrogen (secondary N) is 2. The van der Waals surface area contributed by atoms with E-state index < -0.39 is 0 Å². The minimum absolute atomic E-state index is 0.0113. The van der Waals surface area contributed by atoms with Crippen LogP contribution in [0.2, 0.25) is 0 Å². The smallest absolute Gasteiger partial charge is 0.209 e.